The number of halogens is 2. The molecule has 0 saturated carbocycles. The van der Waals surface area contributed by atoms with Crippen molar-refractivity contribution in [2.24, 2.45) is 0 Å². The number of thioether (sulfide) groups is 1. The van der Waals surface area contributed by atoms with Gasteiger partial charge in [-0.25, -0.2) is 0 Å². The van der Waals surface area contributed by atoms with E-state index in [1.54, 1.807) is 18.2 Å². The van der Waals surface area contributed by atoms with Gasteiger partial charge in [-0.05, 0) is 54.1 Å². The van der Waals surface area contributed by atoms with E-state index >= 15 is 0 Å². The number of nitrogens with one attached hydrogen (secondary N) is 1. The van der Waals surface area contributed by atoms with Crippen molar-refractivity contribution in [1.29, 1.82) is 0 Å². The Balaban J connectivity index is 0.00000481. The summed E-state index contributed by atoms with van der Waals surface area (Å²) in [5, 5.41) is 3.60. The van der Waals surface area contributed by atoms with Crippen LogP contribution >= 0.6 is 40.3 Å². The molecule has 2 aromatic carbocycles. The lowest BCUT2D eigenvalue weighted by Crippen LogP contribution is -2.15. The smallest absolute Gasteiger partial charge is 0.259 e. The molecule has 0 aliphatic carbocycles. The fourth-order valence-electron chi connectivity index (χ4n) is 4.36. The monoisotopic (exact) mass is 608 g/mol. The van der Waals surface area contributed by atoms with Crippen molar-refractivity contribution >= 4 is 51.9 Å². The number of amides is 1. The zero-order chi connectivity index (χ0) is 25.6. The summed E-state index contributed by atoms with van der Waals surface area (Å²) in [6, 6.07) is 13.2. The molecule has 1 N–H and O–H groups in total. The van der Waals surface area contributed by atoms with Crippen LogP contribution in [0.15, 0.2) is 53.6 Å². The first kappa shape index (κ1) is 31.6. The molecular weight excluding hydrogens is 568 g/mol. The van der Waals surface area contributed by atoms with Crippen molar-refractivity contribution in [3.63, 3.8) is 0 Å². The molecular formula is C30H42BrClN2O2S. The maximum absolute atomic E-state index is 13.1. The van der Waals surface area contributed by atoms with Crippen LogP contribution in [0.2, 0.25) is 5.02 Å². The van der Waals surface area contributed by atoms with E-state index in [9.17, 15) is 4.79 Å². The van der Waals surface area contributed by atoms with Crippen LogP contribution in [-0.2, 0) is 6.54 Å². The van der Waals surface area contributed by atoms with Gasteiger partial charge < -0.3 is 15.0 Å². The van der Waals surface area contributed by atoms with Gasteiger partial charge in [-0.15, -0.1) is 28.7 Å². The molecule has 0 atom stereocenters. The minimum atomic E-state index is -0.186. The number of allylic oxidation sites excluding steroid dienone is 1. The number of unbranched alkanes of at least 4 members (excludes halogenated alkanes) is 9. The molecule has 37 heavy (non-hydrogen) atoms. The number of nitrogens with zero attached hydrogens (tertiary/aromatic N) is 1. The first-order chi connectivity index (χ1) is 17.5. The normalized spacial score (nSPS) is 12.7. The summed E-state index contributed by atoms with van der Waals surface area (Å²) < 4.78 is 6.01. The highest BCUT2D eigenvalue weighted by atomic mass is 79.9. The molecule has 3 rings (SSSR count). The van der Waals surface area contributed by atoms with Crippen molar-refractivity contribution in [3.05, 3.63) is 69.7 Å². The van der Waals surface area contributed by atoms with Gasteiger partial charge in [-0.3, -0.25) is 4.79 Å². The third-order valence-corrected chi connectivity index (χ3v) is 7.59. The highest BCUT2D eigenvalue weighted by molar-refractivity contribution is 8.93. The number of benzene rings is 2. The lowest BCUT2D eigenvalue weighted by atomic mass is 10.1. The van der Waals surface area contributed by atoms with Crippen LogP contribution in [0.5, 0.6) is 5.75 Å². The standard InChI is InChI=1S/C30H41ClN2O2S.BrH/c1-3-4-5-6-7-8-9-10-11-12-18-35-29-20-26(31)16-17-28(29)30(34)32-27-15-13-14-25(19-27)22-33-21-24(2)36-23-33;/h13-17,19-21H,3-12,18,22-23H2,1-2H3,(H,32,34);1H. The number of ether oxygens (including phenoxy) is 1. The topological polar surface area (TPSA) is 41.6 Å². The van der Waals surface area contributed by atoms with Crippen LogP contribution in [0.25, 0.3) is 0 Å². The van der Waals surface area contributed by atoms with Crippen LogP contribution < -0.4 is 10.1 Å². The number of carbonyl (C=O) groups excluding carboxylic acids is 1. The molecule has 2 aromatic rings. The van der Waals surface area contributed by atoms with Gasteiger partial charge in [0, 0.05) is 23.5 Å². The molecule has 0 unspecified atom stereocenters. The third kappa shape index (κ3) is 11.7. The Labute approximate surface area is 243 Å². The van der Waals surface area contributed by atoms with Crippen molar-refractivity contribution < 1.29 is 9.53 Å². The highest BCUT2D eigenvalue weighted by Crippen LogP contribution is 2.27. The quantitative estimate of drug-likeness (QED) is 0.192. The van der Waals surface area contributed by atoms with Crippen LogP contribution in [0, 0.1) is 0 Å². The van der Waals surface area contributed by atoms with Gasteiger partial charge in [-0.1, -0.05) is 88.4 Å². The molecule has 0 radical (unpaired) electrons. The van der Waals surface area contributed by atoms with Gasteiger partial charge in [0.15, 0.2) is 0 Å². The zero-order valence-electron chi connectivity index (χ0n) is 22.3. The van der Waals surface area contributed by atoms with Crippen LogP contribution in [0.3, 0.4) is 0 Å². The predicted molar refractivity (Wildman–Crippen MR) is 165 cm³/mol. The minimum Gasteiger partial charge on any atom is -0.493 e. The second kappa shape index (κ2) is 17.8. The summed E-state index contributed by atoms with van der Waals surface area (Å²) in [5.74, 6) is 1.32. The molecule has 1 amide bonds. The summed E-state index contributed by atoms with van der Waals surface area (Å²) in [4.78, 5) is 16.7. The molecule has 0 saturated heterocycles. The molecule has 1 aliphatic heterocycles. The van der Waals surface area contributed by atoms with Gasteiger partial charge in [0.05, 0.1) is 18.0 Å². The Kier molecular flexibility index (Phi) is 15.2. The molecule has 0 spiro atoms. The van der Waals surface area contributed by atoms with Crippen molar-refractivity contribution in [1.82, 2.24) is 4.90 Å². The van der Waals surface area contributed by atoms with Crippen molar-refractivity contribution in [3.8, 4) is 5.75 Å². The second-order valence-electron chi connectivity index (χ2n) is 9.59. The summed E-state index contributed by atoms with van der Waals surface area (Å²) >= 11 is 8.06. The fourth-order valence-corrected chi connectivity index (χ4v) is 5.28. The van der Waals surface area contributed by atoms with Gasteiger partial charge in [-0.2, -0.15) is 0 Å². The second-order valence-corrected chi connectivity index (χ2v) is 11.2. The van der Waals surface area contributed by atoms with E-state index in [2.05, 4.69) is 36.3 Å². The van der Waals surface area contributed by atoms with Gasteiger partial charge in [0.1, 0.15) is 5.75 Å². The number of rotatable bonds is 16. The Morgan fingerprint density at radius 2 is 1.70 bits per heavy atom. The molecule has 1 aliphatic rings. The SMILES string of the molecule is Br.CCCCCCCCCCCCOc1cc(Cl)ccc1C(=O)Nc1cccc(CN2C=C(C)SC2)c1. The number of anilines is 1. The predicted octanol–water partition coefficient (Wildman–Crippen LogP) is 9.84. The number of hydrogen-bond acceptors (Lipinski definition) is 4. The summed E-state index contributed by atoms with van der Waals surface area (Å²) in [6.07, 6.45) is 14.9. The van der Waals surface area contributed by atoms with Crippen LogP contribution in [0.1, 0.15) is 94.0 Å². The molecule has 7 heteroatoms. The van der Waals surface area contributed by atoms with E-state index in [-0.39, 0.29) is 22.9 Å². The number of carbonyl (C=O) groups is 1. The maximum Gasteiger partial charge on any atom is 0.259 e. The van der Waals surface area contributed by atoms with E-state index < -0.39 is 0 Å². The van der Waals surface area contributed by atoms with Crippen molar-refractivity contribution in [2.75, 3.05) is 17.8 Å². The van der Waals surface area contributed by atoms with E-state index in [0.717, 1.165) is 36.5 Å². The zero-order valence-corrected chi connectivity index (χ0v) is 25.6. The summed E-state index contributed by atoms with van der Waals surface area (Å²) in [6.45, 7) is 5.80. The third-order valence-electron chi connectivity index (χ3n) is 6.34. The fraction of sp³-hybridized carbons (Fsp3) is 0.500. The Bertz CT molecular complexity index is 1000. The van der Waals surface area contributed by atoms with Gasteiger partial charge in [0.25, 0.3) is 5.91 Å². The van der Waals surface area contributed by atoms with Crippen LogP contribution in [-0.4, -0.2) is 23.3 Å². The summed E-state index contributed by atoms with van der Waals surface area (Å²) in [5.41, 5.74) is 2.44. The summed E-state index contributed by atoms with van der Waals surface area (Å²) in [7, 11) is 0. The maximum atomic E-state index is 13.1. The lowest BCUT2D eigenvalue weighted by Gasteiger charge is -2.16. The van der Waals surface area contributed by atoms with Gasteiger partial charge in [0.2, 0.25) is 0 Å². The van der Waals surface area contributed by atoms with E-state index in [0.29, 0.717) is 22.9 Å². The minimum absolute atomic E-state index is 0. The first-order valence-electron chi connectivity index (χ1n) is 13.4. The van der Waals surface area contributed by atoms with E-state index in [1.165, 1.54) is 56.3 Å². The molecule has 1 heterocycles. The number of hydrogen-bond donors (Lipinski definition) is 1. The molecule has 4 nitrogen and oxygen atoms in total. The van der Waals surface area contributed by atoms with E-state index in [1.807, 2.05) is 30.0 Å². The van der Waals surface area contributed by atoms with E-state index in [4.69, 9.17) is 16.3 Å². The largest absolute Gasteiger partial charge is 0.493 e. The Hall–Kier alpha value is -1.63. The average Bonchev–Trinajstić information content (AvgIpc) is 3.27. The van der Waals surface area contributed by atoms with Crippen LogP contribution in [0.4, 0.5) is 5.69 Å². The lowest BCUT2D eigenvalue weighted by molar-refractivity contribution is 0.102. The Morgan fingerprint density at radius 1 is 1.00 bits per heavy atom. The molecule has 0 aromatic heterocycles. The molecule has 204 valence electrons. The molecule has 0 bridgehead atoms. The first-order valence-corrected chi connectivity index (χ1v) is 14.8. The average molecular weight is 610 g/mol. The van der Waals surface area contributed by atoms with Crippen molar-refractivity contribution in [2.45, 2.75) is 84.6 Å². The molecule has 0 fully saturated rings. The Morgan fingerprint density at radius 3 is 2.38 bits per heavy atom. The highest BCUT2D eigenvalue weighted by Gasteiger charge is 2.15. The van der Waals surface area contributed by atoms with Gasteiger partial charge >= 0.3 is 0 Å².